The molecular formula is C13H19NO. The van der Waals surface area contributed by atoms with Gasteiger partial charge in [0.2, 0.25) is 0 Å². The summed E-state index contributed by atoms with van der Waals surface area (Å²) in [5, 5.41) is 10.2. The molecule has 1 aromatic rings. The van der Waals surface area contributed by atoms with E-state index in [2.05, 4.69) is 43.9 Å². The lowest BCUT2D eigenvalue weighted by Gasteiger charge is -2.32. The molecule has 0 radical (unpaired) electrons. The highest BCUT2D eigenvalue weighted by molar-refractivity contribution is 5.59. The van der Waals surface area contributed by atoms with Crippen LogP contribution < -0.4 is 4.90 Å². The fourth-order valence-corrected chi connectivity index (χ4v) is 2.31. The summed E-state index contributed by atoms with van der Waals surface area (Å²) in [6.07, 6.45) is 0.670. The average Bonchev–Trinajstić information content (AvgIpc) is 2.52. The van der Waals surface area contributed by atoms with E-state index in [1.54, 1.807) is 0 Å². The van der Waals surface area contributed by atoms with Crippen molar-refractivity contribution in [3.63, 3.8) is 0 Å². The molecule has 1 heterocycles. The van der Waals surface area contributed by atoms with Gasteiger partial charge in [0.05, 0.1) is 0 Å². The Kier molecular flexibility index (Phi) is 2.70. The topological polar surface area (TPSA) is 23.5 Å². The maximum atomic E-state index is 10.2. The predicted molar refractivity (Wildman–Crippen MR) is 62.9 cm³/mol. The van der Waals surface area contributed by atoms with Gasteiger partial charge in [0.1, 0.15) is 6.23 Å². The second kappa shape index (κ2) is 3.86. The molecule has 0 aliphatic carbocycles. The number of benzene rings is 1. The summed E-state index contributed by atoms with van der Waals surface area (Å²) in [7, 11) is 0. The van der Waals surface area contributed by atoms with Crippen LogP contribution in [0, 0.1) is 5.92 Å². The first-order valence-electron chi connectivity index (χ1n) is 5.65. The van der Waals surface area contributed by atoms with Gasteiger partial charge in [-0.2, -0.15) is 0 Å². The Bertz CT molecular complexity index is 348. The number of fused-ring (bicyclic) bond motifs is 1. The molecule has 1 aliphatic rings. The molecule has 1 N–H and O–H groups in total. The van der Waals surface area contributed by atoms with E-state index in [1.165, 1.54) is 11.3 Å². The van der Waals surface area contributed by atoms with Crippen molar-refractivity contribution in [1.29, 1.82) is 0 Å². The number of nitrogens with zero attached hydrogens (tertiary/aromatic N) is 1. The molecule has 0 saturated carbocycles. The zero-order chi connectivity index (χ0) is 11.0. The first kappa shape index (κ1) is 10.5. The van der Waals surface area contributed by atoms with Gasteiger partial charge in [-0.05, 0) is 30.9 Å². The summed E-state index contributed by atoms with van der Waals surface area (Å²) < 4.78 is 0. The third-order valence-electron chi connectivity index (χ3n) is 3.14. The normalized spacial score (nSPS) is 21.9. The van der Waals surface area contributed by atoms with Crippen LogP contribution in [-0.4, -0.2) is 17.4 Å². The van der Waals surface area contributed by atoms with Crippen molar-refractivity contribution in [1.82, 2.24) is 0 Å². The number of aliphatic hydroxyl groups is 1. The van der Waals surface area contributed by atoms with Gasteiger partial charge in [-0.3, -0.25) is 0 Å². The van der Waals surface area contributed by atoms with Gasteiger partial charge in [0.15, 0.2) is 0 Å². The highest BCUT2D eigenvalue weighted by Gasteiger charge is 2.31. The van der Waals surface area contributed by atoms with Crippen LogP contribution in [0.2, 0.25) is 0 Å². The molecule has 2 rings (SSSR count). The van der Waals surface area contributed by atoms with Crippen LogP contribution in [0.3, 0.4) is 0 Å². The molecule has 0 saturated heterocycles. The smallest absolute Gasteiger partial charge is 0.129 e. The van der Waals surface area contributed by atoms with E-state index >= 15 is 0 Å². The van der Waals surface area contributed by atoms with Gasteiger partial charge in [0.25, 0.3) is 0 Å². The largest absolute Gasteiger partial charge is 0.373 e. The SMILES string of the molecule is CC(C)C(O)N1c2ccccc2CC1C. The molecule has 2 heteroatoms. The van der Waals surface area contributed by atoms with Crippen LogP contribution in [0.25, 0.3) is 0 Å². The lowest BCUT2D eigenvalue weighted by atomic mass is 10.1. The summed E-state index contributed by atoms with van der Waals surface area (Å²) in [5.41, 5.74) is 2.55. The van der Waals surface area contributed by atoms with Crippen LogP contribution in [0.15, 0.2) is 24.3 Å². The monoisotopic (exact) mass is 205 g/mol. The van der Waals surface area contributed by atoms with E-state index in [-0.39, 0.29) is 12.1 Å². The average molecular weight is 205 g/mol. The molecule has 2 atom stereocenters. The predicted octanol–water partition coefficient (Wildman–Crippen LogP) is 2.41. The summed E-state index contributed by atoms with van der Waals surface area (Å²) in [5.74, 6) is 0.263. The van der Waals surface area contributed by atoms with Crippen molar-refractivity contribution < 1.29 is 5.11 Å². The Morgan fingerprint density at radius 1 is 1.33 bits per heavy atom. The lowest BCUT2D eigenvalue weighted by Crippen LogP contribution is -2.42. The van der Waals surface area contributed by atoms with Crippen LogP contribution >= 0.6 is 0 Å². The van der Waals surface area contributed by atoms with Crippen molar-refractivity contribution in [3.8, 4) is 0 Å². The Morgan fingerprint density at radius 3 is 2.67 bits per heavy atom. The van der Waals surface area contributed by atoms with E-state index in [0.29, 0.717) is 6.04 Å². The van der Waals surface area contributed by atoms with Gasteiger partial charge < -0.3 is 10.0 Å². The molecule has 1 aromatic carbocycles. The van der Waals surface area contributed by atoms with Crippen molar-refractivity contribution >= 4 is 5.69 Å². The lowest BCUT2D eigenvalue weighted by molar-refractivity contribution is 0.115. The molecule has 2 nitrogen and oxygen atoms in total. The Morgan fingerprint density at radius 2 is 2.00 bits per heavy atom. The minimum Gasteiger partial charge on any atom is -0.373 e. The third-order valence-corrected chi connectivity index (χ3v) is 3.14. The number of hydrogen-bond acceptors (Lipinski definition) is 2. The Labute approximate surface area is 91.5 Å². The van der Waals surface area contributed by atoms with Crippen LogP contribution in [0.5, 0.6) is 0 Å². The van der Waals surface area contributed by atoms with Gasteiger partial charge >= 0.3 is 0 Å². The summed E-state index contributed by atoms with van der Waals surface area (Å²) >= 11 is 0. The van der Waals surface area contributed by atoms with Crippen LogP contribution in [-0.2, 0) is 6.42 Å². The minimum absolute atomic E-state index is 0.263. The molecule has 0 fully saturated rings. The first-order chi connectivity index (χ1) is 7.11. The van der Waals surface area contributed by atoms with E-state index in [1.807, 2.05) is 6.07 Å². The van der Waals surface area contributed by atoms with Crippen LogP contribution in [0.1, 0.15) is 26.3 Å². The maximum absolute atomic E-state index is 10.2. The number of hydrogen-bond donors (Lipinski definition) is 1. The fraction of sp³-hybridized carbons (Fsp3) is 0.538. The minimum atomic E-state index is -0.372. The Balaban J connectivity index is 2.33. The summed E-state index contributed by atoms with van der Waals surface area (Å²) in [6, 6.07) is 8.76. The van der Waals surface area contributed by atoms with Gasteiger partial charge in [0, 0.05) is 11.7 Å². The quantitative estimate of drug-likeness (QED) is 0.801. The van der Waals surface area contributed by atoms with Crippen molar-refractivity contribution in [2.24, 2.45) is 5.92 Å². The van der Waals surface area contributed by atoms with E-state index in [0.717, 1.165) is 6.42 Å². The molecule has 82 valence electrons. The highest BCUT2D eigenvalue weighted by Crippen LogP contribution is 2.34. The molecule has 1 aliphatic heterocycles. The Hall–Kier alpha value is -1.02. The third kappa shape index (κ3) is 1.74. The molecule has 0 amide bonds. The van der Waals surface area contributed by atoms with Gasteiger partial charge in [-0.15, -0.1) is 0 Å². The second-order valence-electron chi connectivity index (χ2n) is 4.75. The molecule has 0 bridgehead atoms. The van der Waals surface area contributed by atoms with E-state index < -0.39 is 0 Å². The maximum Gasteiger partial charge on any atom is 0.129 e. The van der Waals surface area contributed by atoms with E-state index in [4.69, 9.17) is 0 Å². The van der Waals surface area contributed by atoms with Gasteiger partial charge in [-0.1, -0.05) is 32.0 Å². The number of para-hydroxylation sites is 1. The summed E-state index contributed by atoms with van der Waals surface area (Å²) in [6.45, 7) is 6.28. The number of anilines is 1. The zero-order valence-electron chi connectivity index (χ0n) is 9.64. The standard InChI is InChI=1S/C13H19NO/c1-9(2)13(15)14-10(3)8-11-6-4-5-7-12(11)14/h4-7,9-10,13,15H,8H2,1-3H3. The molecule has 0 aromatic heterocycles. The van der Waals surface area contributed by atoms with Crippen LogP contribution in [0.4, 0.5) is 5.69 Å². The molecule has 2 unspecified atom stereocenters. The summed E-state index contributed by atoms with van der Waals surface area (Å²) in [4.78, 5) is 2.14. The van der Waals surface area contributed by atoms with Gasteiger partial charge in [-0.25, -0.2) is 0 Å². The van der Waals surface area contributed by atoms with Crippen molar-refractivity contribution in [2.45, 2.75) is 39.5 Å². The van der Waals surface area contributed by atoms with E-state index in [9.17, 15) is 5.11 Å². The first-order valence-corrected chi connectivity index (χ1v) is 5.65. The number of rotatable bonds is 2. The number of aliphatic hydroxyl groups excluding tert-OH is 1. The van der Waals surface area contributed by atoms with Crippen molar-refractivity contribution in [3.05, 3.63) is 29.8 Å². The molecular weight excluding hydrogens is 186 g/mol. The fourth-order valence-electron chi connectivity index (χ4n) is 2.31. The molecule has 0 spiro atoms. The molecule has 15 heavy (non-hydrogen) atoms. The second-order valence-corrected chi connectivity index (χ2v) is 4.75. The van der Waals surface area contributed by atoms with Crippen molar-refractivity contribution in [2.75, 3.05) is 4.90 Å². The highest BCUT2D eigenvalue weighted by atomic mass is 16.3. The zero-order valence-corrected chi connectivity index (χ0v) is 9.64.